The van der Waals surface area contributed by atoms with Gasteiger partial charge in [-0.05, 0) is 79.7 Å². The minimum atomic E-state index is -0.674. The molecular weight excluding hydrogens is 695 g/mol. The van der Waals surface area contributed by atoms with Gasteiger partial charge in [-0.3, -0.25) is 14.6 Å². The fraction of sp³-hybridized carbons (Fsp3) is 0.538. The van der Waals surface area contributed by atoms with Crippen molar-refractivity contribution in [2.24, 2.45) is 16.8 Å². The lowest BCUT2D eigenvalue weighted by molar-refractivity contribution is -0.135. The average molecular weight is 746 g/mol. The second-order valence-electron chi connectivity index (χ2n) is 14.8. The van der Waals surface area contributed by atoms with Gasteiger partial charge in [-0.1, -0.05) is 39.8 Å². The second-order valence-corrected chi connectivity index (χ2v) is 16.0. The maximum atomic E-state index is 13.6. The van der Waals surface area contributed by atoms with E-state index < -0.39 is 24.3 Å². The highest BCUT2D eigenvalue weighted by Crippen LogP contribution is 2.36. The highest BCUT2D eigenvalue weighted by atomic mass is 32.1. The molecule has 0 saturated carbocycles. The van der Waals surface area contributed by atoms with Crippen LogP contribution in [0.15, 0.2) is 41.5 Å². The Labute approximate surface area is 314 Å². The molecule has 6 rings (SSSR count). The molecule has 0 radical (unpaired) electrons. The Kier molecular flexibility index (Phi) is 11.9. The summed E-state index contributed by atoms with van der Waals surface area (Å²) in [5.41, 5.74) is 5.32. The van der Waals surface area contributed by atoms with Gasteiger partial charge in [0.1, 0.15) is 17.9 Å². The van der Waals surface area contributed by atoms with E-state index in [0.29, 0.717) is 19.5 Å². The number of hydrogen-bond acceptors (Lipinski definition) is 9. The Hall–Kier alpha value is -4.72. The van der Waals surface area contributed by atoms with Gasteiger partial charge in [-0.25, -0.2) is 14.6 Å². The molecule has 0 bridgehead atoms. The van der Waals surface area contributed by atoms with E-state index in [0.717, 1.165) is 66.3 Å². The average Bonchev–Trinajstić information content (AvgIpc) is 3.98. The molecule has 0 aliphatic carbocycles. The molecule has 2 saturated heterocycles. The van der Waals surface area contributed by atoms with E-state index in [9.17, 15) is 19.2 Å². The molecule has 3 aromatic rings. The van der Waals surface area contributed by atoms with Crippen LogP contribution in [0.5, 0.6) is 0 Å². The van der Waals surface area contributed by atoms with Crippen molar-refractivity contribution in [1.29, 1.82) is 0 Å². The van der Waals surface area contributed by atoms with Crippen LogP contribution in [0.4, 0.5) is 15.3 Å². The number of aryl methyl sites for hydroxylation is 2. The predicted octanol–water partition coefficient (Wildman–Crippen LogP) is 5.97. The topological polar surface area (TPSA) is 158 Å². The maximum absolute atomic E-state index is 13.6. The Bertz CT molecular complexity index is 1850. The van der Waals surface area contributed by atoms with E-state index in [1.165, 1.54) is 30.2 Å². The number of hydrogen-bond donors (Lipinski definition) is 3. The summed E-state index contributed by atoms with van der Waals surface area (Å²) in [6.45, 7) is 8.92. The van der Waals surface area contributed by atoms with Crippen molar-refractivity contribution >= 4 is 46.7 Å². The van der Waals surface area contributed by atoms with Gasteiger partial charge in [-0.2, -0.15) is 0 Å². The number of benzene rings is 1. The number of fused-ring (bicyclic) bond motifs is 1. The molecule has 5 heterocycles. The van der Waals surface area contributed by atoms with Crippen LogP contribution in [-0.2, 0) is 38.3 Å². The zero-order chi connectivity index (χ0) is 37.8. The number of nitrogens with one attached hydrogen (secondary N) is 3. The number of imidazole rings is 1. The van der Waals surface area contributed by atoms with E-state index in [2.05, 4.69) is 45.9 Å². The number of aromatic amines is 1. The lowest BCUT2D eigenvalue weighted by Crippen LogP contribution is -2.53. The predicted molar refractivity (Wildman–Crippen MR) is 203 cm³/mol. The summed E-state index contributed by atoms with van der Waals surface area (Å²) in [6.07, 6.45) is 6.53. The fourth-order valence-corrected chi connectivity index (χ4v) is 8.60. The summed E-state index contributed by atoms with van der Waals surface area (Å²) in [6, 6.07) is 9.18. The van der Waals surface area contributed by atoms with E-state index in [-0.39, 0.29) is 35.7 Å². The van der Waals surface area contributed by atoms with Crippen LogP contribution in [-0.4, -0.2) is 94.9 Å². The van der Waals surface area contributed by atoms with Crippen LogP contribution in [0, 0.1) is 11.8 Å². The minimum Gasteiger partial charge on any atom is -0.453 e. The number of methoxy groups -OCH3 is 2. The molecule has 2 aromatic heterocycles. The lowest BCUT2D eigenvalue weighted by Gasteiger charge is -2.30. The monoisotopic (exact) mass is 745 g/mol. The van der Waals surface area contributed by atoms with Crippen LogP contribution in [0.2, 0.25) is 0 Å². The summed E-state index contributed by atoms with van der Waals surface area (Å²) in [4.78, 5) is 70.2. The molecule has 284 valence electrons. The van der Waals surface area contributed by atoms with Crippen molar-refractivity contribution in [2.45, 2.75) is 96.8 Å². The normalized spacial score (nSPS) is 19.3. The molecule has 4 amide bonds. The zero-order valence-corrected chi connectivity index (χ0v) is 32.3. The zero-order valence-electron chi connectivity index (χ0n) is 31.4. The number of H-pyrrole nitrogens is 1. The Balaban J connectivity index is 1.05. The number of amides is 4. The molecule has 4 atom stereocenters. The number of carbonyl (C=O) groups is 4. The number of aromatic nitrogens is 2. The second kappa shape index (κ2) is 16.5. The first kappa shape index (κ1) is 38.0. The van der Waals surface area contributed by atoms with Gasteiger partial charge in [0.15, 0.2) is 0 Å². The van der Waals surface area contributed by atoms with Crippen LogP contribution >= 0.6 is 11.3 Å². The van der Waals surface area contributed by atoms with Crippen molar-refractivity contribution in [3.05, 3.63) is 58.4 Å². The van der Waals surface area contributed by atoms with E-state index in [1.807, 2.05) is 43.7 Å². The van der Waals surface area contributed by atoms with Gasteiger partial charge in [0.25, 0.3) is 0 Å². The third-order valence-corrected chi connectivity index (χ3v) is 11.7. The van der Waals surface area contributed by atoms with Gasteiger partial charge in [0, 0.05) is 30.1 Å². The summed E-state index contributed by atoms with van der Waals surface area (Å²) in [5.74, 6) is 0.368. The third-order valence-electron chi connectivity index (χ3n) is 10.5. The SMILES string of the molecule is COC(=O)N[C@H](C(=O)N1CCC[C@H]1C1=Nc2ccc(CCc3ccc(-c4cnc([C@@H]5CCCN5C(=O)[C@@H](NC(=O)OC)C(C)C)[nH]4)s3)cc2C1)C(C)C. The Morgan fingerprint density at radius 3 is 2.11 bits per heavy atom. The van der Waals surface area contributed by atoms with Crippen LogP contribution in [0.3, 0.4) is 0 Å². The maximum Gasteiger partial charge on any atom is 0.407 e. The summed E-state index contributed by atoms with van der Waals surface area (Å²) < 4.78 is 9.53. The number of carbonyl (C=O) groups excluding carboxylic acids is 4. The van der Waals surface area contributed by atoms with Crippen LogP contribution in [0.25, 0.3) is 10.6 Å². The van der Waals surface area contributed by atoms with Gasteiger partial charge in [0.05, 0.1) is 48.8 Å². The number of nitrogens with zero attached hydrogens (tertiary/aromatic N) is 4. The molecule has 3 aliphatic heterocycles. The Morgan fingerprint density at radius 1 is 0.868 bits per heavy atom. The lowest BCUT2D eigenvalue weighted by atomic mass is 9.98. The molecule has 14 heteroatoms. The first-order chi connectivity index (χ1) is 25.5. The number of alkyl carbamates (subject to hydrolysis) is 2. The highest BCUT2D eigenvalue weighted by Gasteiger charge is 2.39. The molecule has 0 spiro atoms. The number of likely N-dealkylation sites (tertiary alicyclic amines) is 2. The van der Waals surface area contributed by atoms with Gasteiger partial charge in [0.2, 0.25) is 11.8 Å². The smallest absolute Gasteiger partial charge is 0.407 e. The first-order valence-electron chi connectivity index (χ1n) is 18.6. The molecule has 2 fully saturated rings. The van der Waals surface area contributed by atoms with Crippen molar-refractivity contribution in [1.82, 2.24) is 30.4 Å². The Morgan fingerprint density at radius 2 is 1.49 bits per heavy atom. The molecular formula is C39H51N7O6S. The summed E-state index contributed by atoms with van der Waals surface area (Å²) >= 11 is 1.73. The molecule has 3 aliphatic rings. The van der Waals surface area contributed by atoms with E-state index >= 15 is 0 Å². The number of aliphatic imine (C=N–C) groups is 1. The van der Waals surface area contributed by atoms with Crippen LogP contribution < -0.4 is 10.6 Å². The van der Waals surface area contributed by atoms with Gasteiger partial charge >= 0.3 is 12.2 Å². The van der Waals surface area contributed by atoms with E-state index in [4.69, 9.17) is 19.5 Å². The molecule has 3 N–H and O–H groups in total. The minimum absolute atomic E-state index is 0.0773. The quantitative estimate of drug-likeness (QED) is 0.206. The molecule has 53 heavy (non-hydrogen) atoms. The number of thiophene rings is 1. The molecule has 13 nitrogen and oxygen atoms in total. The van der Waals surface area contributed by atoms with Gasteiger partial charge < -0.3 is 34.9 Å². The summed E-state index contributed by atoms with van der Waals surface area (Å²) in [5, 5.41) is 5.43. The largest absolute Gasteiger partial charge is 0.453 e. The fourth-order valence-electron chi connectivity index (χ4n) is 7.63. The summed E-state index contributed by atoms with van der Waals surface area (Å²) in [7, 11) is 2.60. The number of rotatable bonds is 12. The molecule has 0 unspecified atom stereocenters. The van der Waals surface area contributed by atoms with Crippen molar-refractivity contribution < 1.29 is 28.7 Å². The highest BCUT2D eigenvalue weighted by molar-refractivity contribution is 7.15. The standard InChI is InChI=1S/C39H51N7O6S/c1-22(2)33(43-38(49)51-5)36(47)45-17-7-9-30(45)28-20-25-19-24(12-15-27(25)41-28)11-13-26-14-16-32(53-26)29-21-40-35(42-29)31-10-8-18-46(31)37(48)34(23(3)4)44-39(50)52-6/h12,14-16,19,21-23,30-31,33-34H,7-11,13,17-18,20H2,1-6H3,(H,40,42)(H,43,49)(H,44,50)/t30-,31-,33-,34-/m0/s1. The van der Waals surface area contributed by atoms with Crippen LogP contribution in [0.1, 0.15) is 81.2 Å². The van der Waals surface area contributed by atoms with Crippen molar-refractivity contribution in [3.63, 3.8) is 0 Å². The van der Waals surface area contributed by atoms with Crippen molar-refractivity contribution in [3.8, 4) is 10.6 Å². The van der Waals surface area contributed by atoms with E-state index in [1.54, 1.807) is 11.3 Å². The first-order valence-corrected chi connectivity index (χ1v) is 19.4. The third kappa shape index (κ3) is 8.42. The number of ether oxygens (including phenoxy) is 2. The molecule has 1 aromatic carbocycles. The van der Waals surface area contributed by atoms with Crippen molar-refractivity contribution in [2.75, 3.05) is 27.3 Å². The van der Waals surface area contributed by atoms with Gasteiger partial charge in [-0.15, -0.1) is 11.3 Å².